The number of aryl methyl sites for hydroxylation is 4. The topological polar surface area (TPSA) is 55.2 Å². The molecule has 0 aliphatic carbocycles. The minimum absolute atomic E-state index is 0.368. The van der Waals surface area contributed by atoms with Crippen molar-refractivity contribution in [2.75, 3.05) is 10.8 Å². The van der Waals surface area contributed by atoms with Crippen LogP contribution in [-0.2, 0) is 29.9 Å². The number of anilines is 1. The second-order valence-corrected chi connectivity index (χ2v) is 9.17. The first-order valence-electron chi connectivity index (χ1n) is 9.65. The molecule has 0 spiro atoms. The van der Waals surface area contributed by atoms with Gasteiger partial charge in [-0.3, -0.25) is 8.99 Å². The zero-order valence-corrected chi connectivity index (χ0v) is 17.3. The van der Waals surface area contributed by atoms with E-state index in [1.54, 1.807) is 21.3 Å². The third-order valence-corrected chi connectivity index (χ3v) is 7.38. The van der Waals surface area contributed by atoms with Crippen molar-refractivity contribution in [3.63, 3.8) is 0 Å². The molecule has 3 aromatic rings. The summed E-state index contributed by atoms with van der Waals surface area (Å²) in [6.07, 6.45) is 6.22. The van der Waals surface area contributed by atoms with Crippen LogP contribution in [0.1, 0.15) is 30.0 Å². The van der Waals surface area contributed by atoms with Gasteiger partial charge in [0, 0.05) is 25.4 Å². The maximum absolute atomic E-state index is 13.7. The number of nitrogens with zero attached hydrogens (tertiary/aromatic N) is 3. The molecule has 2 aromatic carbocycles. The lowest BCUT2D eigenvalue weighted by Gasteiger charge is -2.33. The Morgan fingerprint density at radius 2 is 1.96 bits per heavy atom. The fraction of sp³-hybridized carbons (Fsp3) is 0.318. The van der Waals surface area contributed by atoms with Crippen molar-refractivity contribution in [1.29, 1.82) is 0 Å². The molecule has 5 nitrogen and oxygen atoms in total. The molecule has 146 valence electrons. The minimum atomic E-state index is -3.66. The van der Waals surface area contributed by atoms with Crippen molar-refractivity contribution in [3.8, 4) is 11.1 Å². The molecule has 0 radical (unpaired) electrons. The van der Waals surface area contributed by atoms with Crippen molar-refractivity contribution >= 4 is 15.7 Å². The van der Waals surface area contributed by atoms with E-state index >= 15 is 0 Å². The quantitative estimate of drug-likeness (QED) is 0.668. The van der Waals surface area contributed by atoms with Gasteiger partial charge >= 0.3 is 0 Å². The van der Waals surface area contributed by atoms with E-state index in [4.69, 9.17) is 0 Å². The van der Waals surface area contributed by atoms with Gasteiger partial charge in [0.25, 0.3) is 10.0 Å². The summed E-state index contributed by atoms with van der Waals surface area (Å²) in [4.78, 5) is 0.368. The van der Waals surface area contributed by atoms with Gasteiger partial charge in [-0.05, 0) is 54.5 Å². The first-order valence-corrected chi connectivity index (χ1v) is 11.1. The predicted molar refractivity (Wildman–Crippen MR) is 112 cm³/mol. The molecule has 1 aliphatic rings. The Morgan fingerprint density at radius 3 is 2.68 bits per heavy atom. The van der Waals surface area contributed by atoms with Crippen molar-refractivity contribution in [3.05, 3.63) is 65.5 Å². The highest BCUT2D eigenvalue weighted by atomic mass is 32.2. The van der Waals surface area contributed by atoms with Crippen LogP contribution in [0.2, 0.25) is 0 Å². The number of hydrogen-bond donors (Lipinski definition) is 0. The number of sulfonamides is 1. The van der Waals surface area contributed by atoms with Gasteiger partial charge in [0.05, 0.1) is 16.8 Å². The summed E-state index contributed by atoms with van der Waals surface area (Å²) in [5.41, 5.74) is 5.61. The van der Waals surface area contributed by atoms with E-state index < -0.39 is 10.0 Å². The smallest absolute Gasteiger partial charge is 0.264 e. The third kappa shape index (κ3) is 3.11. The zero-order valence-electron chi connectivity index (χ0n) is 16.5. The first kappa shape index (κ1) is 18.7. The lowest BCUT2D eigenvalue weighted by atomic mass is 9.98. The number of benzene rings is 2. The molecule has 0 saturated carbocycles. The summed E-state index contributed by atoms with van der Waals surface area (Å²) >= 11 is 0. The Balaban J connectivity index is 1.85. The number of para-hydroxylation sites is 1. The van der Waals surface area contributed by atoms with Gasteiger partial charge in [-0.1, -0.05) is 37.3 Å². The standard InChI is InChI=1S/C22H25N3O2S/c1-4-17-7-5-8-18-9-6-12-25(22(17)18)28(26,27)21-13-19(11-10-16(21)2)20-14-23-24(3)15-20/h5,7-8,10-11,13-15H,4,6,9,12H2,1-3H3. The fourth-order valence-corrected chi connectivity index (χ4v) is 5.80. The van der Waals surface area contributed by atoms with E-state index in [0.29, 0.717) is 11.4 Å². The molecule has 0 amide bonds. The van der Waals surface area contributed by atoms with E-state index in [2.05, 4.69) is 18.1 Å². The van der Waals surface area contributed by atoms with Gasteiger partial charge in [0.2, 0.25) is 0 Å². The highest BCUT2D eigenvalue weighted by molar-refractivity contribution is 7.92. The molecule has 0 N–H and O–H groups in total. The van der Waals surface area contributed by atoms with Crippen molar-refractivity contribution < 1.29 is 8.42 Å². The van der Waals surface area contributed by atoms with Gasteiger partial charge in [0.15, 0.2) is 0 Å². The molecule has 2 heterocycles. The second-order valence-electron chi connectivity index (χ2n) is 7.34. The summed E-state index contributed by atoms with van der Waals surface area (Å²) in [5.74, 6) is 0. The van der Waals surface area contributed by atoms with Crippen molar-refractivity contribution in [2.45, 2.75) is 38.0 Å². The van der Waals surface area contributed by atoms with E-state index in [0.717, 1.165) is 52.8 Å². The molecule has 0 saturated heterocycles. The van der Waals surface area contributed by atoms with E-state index in [1.807, 2.05) is 44.4 Å². The molecular formula is C22H25N3O2S. The molecule has 0 fully saturated rings. The second kappa shape index (κ2) is 7.09. The zero-order chi connectivity index (χ0) is 19.9. The summed E-state index contributed by atoms with van der Waals surface area (Å²) in [6.45, 7) is 4.45. The Bertz CT molecular complexity index is 1120. The Kier molecular flexibility index (Phi) is 4.75. The summed E-state index contributed by atoms with van der Waals surface area (Å²) in [6, 6.07) is 11.7. The van der Waals surface area contributed by atoms with Crippen LogP contribution in [0.25, 0.3) is 11.1 Å². The van der Waals surface area contributed by atoms with E-state index in [1.165, 1.54) is 0 Å². The molecule has 1 aromatic heterocycles. The average Bonchev–Trinajstić information content (AvgIpc) is 3.13. The lowest BCUT2D eigenvalue weighted by molar-refractivity contribution is 0.585. The monoisotopic (exact) mass is 395 g/mol. The van der Waals surface area contributed by atoms with E-state index in [9.17, 15) is 8.42 Å². The molecule has 1 aliphatic heterocycles. The molecule has 0 bridgehead atoms. The van der Waals surface area contributed by atoms with Crippen LogP contribution in [0.3, 0.4) is 0 Å². The molecule has 4 rings (SSSR count). The fourth-order valence-electron chi connectivity index (χ4n) is 3.96. The largest absolute Gasteiger partial charge is 0.275 e. The summed E-state index contributed by atoms with van der Waals surface area (Å²) in [7, 11) is -1.80. The van der Waals surface area contributed by atoms with Crippen molar-refractivity contribution in [2.24, 2.45) is 7.05 Å². The molecular weight excluding hydrogens is 370 g/mol. The van der Waals surface area contributed by atoms with Gasteiger partial charge in [0.1, 0.15) is 0 Å². The first-order chi connectivity index (χ1) is 13.4. The van der Waals surface area contributed by atoms with Gasteiger partial charge in [-0.2, -0.15) is 5.10 Å². The predicted octanol–water partition coefficient (Wildman–Crippen LogP) is 4.10. The number of hydrogen-bond acceptors (Lipinski definition) is 3. The average molecular weight is 396 g/mol. The Morgan fingerprint density at radius 1 is 1.14 bits per heavy atom. The molecule has 0 unspecified atom stereocenters. The molecule has 6 heteroatoms. The van der Waals surface area contributed by atoms with Crippen LogP contribution < -0.4 is 4.31 Å². The lowest BCUT2D eigenvalue weighted by Crippen LogP contribution is -2.36. The molecule has 28 heavy (non-hydrogen) atoms. The summed E-state index contributed by atoms with van der Waals surface area (Å²) in [5, 5.41) is 4.21. The Labute approximate surface area is 166 Å². The van der Waals surface area contributed by atoms with Gasteiger partial charge < -0.3 is 0 Å². The maximum atomic E-state index is 13.7. The normalized spacial score (nSPS) is 14.2. The van der Waals surface area contributed by atoms with Gasteiger partial charge in [-0.15, -0.1) is 0 Å². The SMILES string of the molecule is CCc1cccc2c1N(S(=O)(=O)c1cc(-c3cnn(C)c3)ccc1C)CCC2. The van der Waals surface area contributed by atoms with Gasteiger partial charge in [-0.25, -0.2) is 8.42 Å². The minimum Gasteiger partial charge on any atom is -0.275 e. The highest BCUT2D eigenvalue weighted by Crippen LogP contribution is 2.37. The maximum Gasteiger partial charge on any atom is 0.264 e. The van der Waals surface area contributed by atoms with Crippen LogP contribution in [0, 0.1) is 6.92 Å². The number of fused-ring (bicyclic) bond motifs is 1. The third-order valence-electron chi connectivity index (χ3n) is 5.44. The van der Waals surface area contributed by atoms with Crippen LogP contribution >= 0.6 is 0 Å². The summed E-state index contributed by atoms with van der Waals surface area (Å²) < 4.78 is 30.8. The van der Waals surface area contributed by atoms with Crippen LogP contribution in [-0.4, -0.2) is 24.7 Å². The number of rotatable bonds is 4. The van der Waals surface area contributed by atoms with Crippen LogP contribution in [0.4, 0.5) is 5.69 Å². The van der Waals surface area contributed by atoms with Crippen molar-refractivity contribution in [1.82, 2.24) is 9.78 Å². The van der Waals surface area contributed by atoms with E-state index in [-0.39, 0.29) is 0 Å². The number of aromatic nitrogens is 2. The van der Waals surface area contributed by atoms with Crippen LogP contribution in [0.5, 0.6) is 0 Å². The van der Waals surface area contributed by atoms with Crippen LogP contribution in [0.15, 0.2) is 53.7 Å². The highest BCUT2D eigenvalue weighted by Gasteiger charge is 2.31. The Hall–Kier alpha value is -2.60. The molecule has 0 atom stereocenters.